The van der Waals surface area contributed by atoms with Gasteiger partial charge in [-0.1, -0.05) is 0 Å². The number of imide groups is 1. The number of phenolic OH excluding ortho intramolecular Hbond substituents is 1. The van der Waals surface area contributed by atoms with Crippen molar-refractivity contribution in [1.29, 1.82) is 0 Å². The Balaban J connectivity index is 1.83. The normalized spacial score (nSPS) is 14.8. The minimum atomic E-state index is -4.69. The number of nitrogens with zero attached hydrogens (tertiary/aromatic N) is 2. The number of halogens is 3. The van der Waals surface area contributed by atoms with Crippen LogP contribution in [0.1, 0.15) is 11.1 Å². The molecule has 3 rings (SSSR count). The summed E-state index contributed by atoms with van der Waals surface area (Å²) < 4.78 is 48.9. The molecule has 1 aliphatic rings. The van der Waals surface area contributed by atoms with Crippen molar-refractivity contribution in [2.24, 2.45) is 0 Å². The van der Waals surface area contributed by atoms with Crippen LogP contribution in [0.3, 0.4) is 0 Å². The standard InChI is InChI=1S/C21H16F3N3O8S/c1-34-14-4-3-11(21(22,23)24)7-13(14)25-17(28)9-26-19(30)16(36-20(26)31)6-10-5-12(27(32)33)8-15(35-2)18(10)29/h3-8,29H,9H2,1-2H3,(H,25,28)/b16-6-. The van der Waals surface area contributed by atoms with Crippen molar-refractivity contribution in [3.63, 3.8) is 0 Å². The Kier molecular flexibility index (Phi) is 7.43. The van der Waals surface area contributed by atoms with Gasteiger partial charge in [0.1, 0.15) is 12.3 Å². The first-order chi connectivity index (χ1) is 16.8. The maximum atomic E-state index is 13.0. The van der Waals surface area contributed by atoms with Crippen molar-refractivity contribution in [3.05, 3.63) is 56.5 Å². The topological polar surface area (TPSA) is 148 Å². The van der Waals surface area contributed by atoms with E-state index in [4.69, 9.17) is 9.47 Å². The Bertz CT molecular complexity index is 1300. The Morgan fingerprint density at radius 1 is 1.19 bits per heavy atom. The van der Waals surface area contributed by atoms with Crippen LogP contribution in [0.5, 0.6) is 17.2 Å². The quantitative estimate of drug-likeness (QED) is 0.309. The van der Waals surface area contributed by atoms with E-state index in [2.05, 4.69) is 5.32 Å². The molecule has 2 aromatic rings. The molecule has 2 aromatic carbocycles. The van der Waals surface area contributed by atoms with Crippen molar-refractivity contribution >= 4 is 46.3 Å². The number of alkyl halides is 3. The number of nitro groups is 1. The second-order valence-corrected chi connectivity index (χ2v) is 8.07. The van der Waals surface area contributed by atoms with Gasteiger partial charge in [-0.25, -0.2) is 0 Å². The summed E-state index contributed by atoms with van der Waals surface area (Å²) in [5.74, 6) is -2.80. The highest BCUT2D eigenvalue weighted by Crippen LogP contribution is 2.39. The maximum Gasteiger partial charge on any atom is 0.416 e. The average molecular weight is 527 g/mol. The first-order valence-corrected chi connectivity index (χ1v) is 10.5. The Morgan fingerprint density at radius 3 is 2.44 bits per heavy atom. The molecule has 0 aliphatic carbocycles. The molecule has 0 saturated carbocycles. The van der Waals surface area contributed by atoms with E-state index in [9.17, 15) is 42.8 Å². The van der Waals surface area contributed by atoms with Crippen LogP contribution in [0.15, 0.2) is 35.2 Å². The molecule has 1 fully saturated rings. The zero-order valence-electron chi connectivity index (χ0n) is 18.4. The van der Waals surface area contributed by atoms with E-state index in [-0.39, 0.29) is 27.7 Å². The number of non-ortho nitro benzene ring substituents is 1. The summed E-state index contributed by atoms with van der Waals surface area (Å²) in [6.07, 6.45) is -3.67. The van der Waals surface area contributed by atoms with Crippen molar-refractivity contribution < 1.29 is 47.1 Å². The largest absolute Gasteiger partial charge is 0.504 e. The Morgan fingerprint density at radius 2 is 1.86 bits per heavy atom. The van der Waals surface area contributed by atoms with E-state index in [0.29, 0.717) is 22.7 Å². The fourth-order valence-electron chi connectivity index (χ4n) is 3.08. The summed E-state index contributed by atoms with van der Waals surface area (Å²) in [5, 5.41) is 22.7. The minimum absolute atomic E-state index is 0.0829. The van der Waals surface area contributed by atoms with Crippen LogP contribution in [-0.2, 0) is 15.8 Å². The number of anilines is 1. The summed E-state index contributed by atoms with van der Waals surface area (Å²) in [6.45, 7) is -0.842. The molecule has 36 heavy (non-hydrogen) atoms. The number of hydrogen-bond donors (Lipinski definition) is 2. The first kappa shape index (κ1) is 26.3. The van der Waals surface area contributed by atoms with Gasteiger partial charge in [-0.05, 0) is 36.0 Å². The molecule has 190 valence electrons. The Labute approximate surface area is 204 Å². The van der Waals surface area contributed by atoms with Gasteiger partial charge in [0.25, 0.3) is 16.8 Å². The SMILES string of the molecule is COc1ccc(C(F)(F)F)cc1NC(=O)CN1C(=O)S/C(=C\c2cc([N+](=O)[O-])cc(OC)c2O)C1=O. The summed E-state index contributed by atoms with van der Waals surface area (Å²) in [7, 11) is 2.34. The number of nitrogens with one attached hydrogen (secondary N) is 1. The number of hydrogen-bond acceptors (Lipinski definition) is 9. The molecule has 3 amide bonds. The van der Waals surface area contributed by atoms with Crippen molar-refractivity contribution in [3.8, 4) is 17.2 Å². The zero-order chi connectivity index (χ0) is 26.8. The van der Waals surface area contributed by atoms with E-state index in [1.165, 1.54) is 7.11 Å². The van der Waals surface area contributed by atoms with Crippen LogP contribution in [0, 0.1) is 10.1 Å². The molecule has 0 bridgehead atoms. The van der Waals surface area contributed by atoms with Gasteiger partial charge >= 0.3 is 6.18 Å². The number of rotatable bonds is 7. The molecule has 1 heterocycles. The third kappa shape index (κ3) is 5.51. The predicted molar refractivity (Wildman–Crippen MR) is 121 cm³/mol. The van der Waals surface area contributed by atoms with E-state index in [1.54, 1.807) is 0 Å². The lowest BCUT2D eigenvalue weighted by atomic mass is 10.1. The fraction of sp³-hybridized carbons (Fsp3) is 0.190. The number of nitro benzene ring substituents is 1. The fourth-order valence-corrected chi connectivity index (χ4v) is 3.91. The van der Waals surface area contributed by atoms with Gasteiger partial charge in [0.05, 0.1) is 41.4 Å². The summed E-state index contributed by atoms with van der Waals surface area (Å²) >= 11 is 0.398. The molecule has 0 atom stereocenters. The molecule has 0 aromatic heterocycles. The number of benzene rings is 2. The van der Waals surface area contributed by atoms with Crippen molar-refractivity contribution in [2.45, 2.75) is 6.18 Å². The van der Waals surface area contributed by atoms with Crippen LogP contribution in [0.2, 0.25) is 0 Å². The van der Waals surface area contributed by atoms with E-state index >= 15 is 0 Å². The second kappa shape index (κ2) is 10.2. The van der Waals surface area contributed by atoms with Gasteiger partial charge in [-0.15, -0.1) is 0 Å². The van der Waals surface area contributed by atoms with Gasteiger partial charge < -0.3 is 19.9 Å². The van der Waals surface area contributed by atoms with E-state index in [1.807, 2.05) is 0 Å². The van der Waals surface area contributed by atoms with E-state index in [0.717, 1.165) is 37.5 Å². The third-order valence-corrected chi connectivity index (χ3v) is 5.69. The molecular weight excluding hydrogens is 511 g/mol. The highest BCUT2D eigenvalue weighted by atomic mass is 32.2. The molecule has 1 saturated heterocycles. The summed E-state index contributed by atoms with van der Waals surface area (Å²) in [4.78, 5) is 48.2. The molecular formula is C21H16F3N3O8S. The van der Waals surface area contributed by atoms with Gasteiger partial charge in [0.2, 0.25) is 5.91 Å². The van der Waals surface area contributed by atoms with Gasteiger partial charge in [0.15, 0.2) is 11.5 Å². The van der Waals surface area contributed by atoms with Gasteiger partial charge in [-0.3, -0.25) is 29.4 Å². The number of ether oxygens (including phenoxy) is 2. The van der Waals surface area contributed by atoms with Crippen molar-refractivity contribution in [2.75, 3.05) is 26.1 Å². The summed E-state index contributed by atoms with van der Waals surface area (Å²) in [5.41, 5.74) is -2.03. The van der Waals surface area contributed by atoms with Gasteiger partial charge in [0, 0.05) is 11.6 Å². The minimum Gasteiger partial charge on any atom is -0.504 e. The maximum absolute atomic E-state index is 13.0. The number of aromatic hydroxyl groups is 1. The number of methoxy groups -OCH3 is 2. The molecule has 15 heteroatoms. The Hall–Kier alpha value is -4.27. The van der Waals surface area contributed by atoms with Crippen LogP contribution in [0.4, 0.5) is 29.3 Å². The lowest BCUT2D eigenvalue weighted by Gasteiger charge is -2.16. The zero-order valence-corrected chi connectivity index (χ0v) is 19.2. The van der Waals surface area contributed by atoms with Gasteiger partial charge in [-0.2, -0.15) is 13.2 Å². The van der Waals surface area contributed by atoms with Crippen molar-refractivity contribution in [1.82, 2.24) is 4.90 Å². The first-order valence-electron chi connectivity index (χ1n) is 9.71. The number of phenols is 1. The molecule has 0 spiro atoms. The summed E-state index contributed by atoms with van der Waals surface area (Å²) in [6, 6.07) is 4.32. The van der Waals surface area contributed by atoms with Crippen LogP contribution < -0.4 is 14.8 Å². The monoisotopic (exact) mass is 527 g/mol. The lowest BCUT2D eigenvalue weighted by Crippen LogP contribution is -2.36. The highest BCUT2D eigenvalue weighted by Gasteiger charge is 2.37. The number of thioether (sulfide) groups is 1. The number of carbonyl (C=O) groups is 3. The second-order valence-electron chi connectivity index (χ2n) is 7.07. The smallest absolute Gasteiger partial charge is 0.416 e. The molecule has 2 N–H and O–H groups in total. The van der Waals surface area contributed by atoms with Crippen LogP contribution in [0.25, 0.3) is 6.08 Å². The molecule has 1 aliphatic heterocycles. The molecule has 0 radical (unpaired) electrons. The molecule has 0 unspecified atom stereocenters. The predicted octanol–water partition coefficient (Wildman–Crippen LogP) is 4.01. The molecule has 11 nitrogen and oxygen atoms in total. The number of carbonyl (C=O) groups excluding carboxylic acids is 3. The lowest BCUT2D eigenvalue weighted by molar-refractivity contribution is -0.385. The third-order valence-electron chi connectivity index (χ3n) is 4.78. The average Bonchev–Trinajstić information content (AvgIpc) is 3.06. The van der Waals surface area contributed by atoms with Crippen LogP contribution >= 0.6 is 11.8 Å². The van der Waals surface area contributed by atoms with E-state index < -0.39 is 51.7 Å². The van der Waals surface area contributed by atoms with Crippen LogP contribution in [-0.4, -0.2) is 52.7 Å². The number of amides is 3. The highest BCUT2D eigenvalue weighted by molar-refractivity contribution is 8.18.